The molecule has 6 rings (SSSR count). The Morgan fingerprint density at radius 3 is 2.39 bits per heavy atom. The van der Waals surface area contributed by atoms with E-state index in [2.05, 4.69) is 44.1 Å². The van der Waals surface area contributed by atoms with Gasteiger partial charge in [-0.1, -0.05) is 54.6 Å². The quantitative estimate of drug-likeness (QED) is 0.304. The Labute approximate surface area is 219 Å². The number of anilines is 1. The summed E-state index contributed by atoms with van der Waals surface area (Å²) < 4.78 is 1.88. The molecule has 1 aliphatic rings. The molecular formula is C30H30N6O2. The fourth-order valence-corrected chi connectivity index (χ4v) is 5.42. The monoisotopic (exact) mass is 506 g/mol. The predicted molar refractivity (Wildman–Crippen MR) is 151 cm³/mol. The predicted octanol–water partition coefficient (Wildman–Crippen LogP) is 4.47. The number of hydrogen-bond donors (Lipinski definition) is 3. The molecule has 38 heavy (non-hydrogen) atoms. The summed E-state index contributed by atoms with van der Waals surface area (Å²) in [4.78, 5) is 38.0. The summed E-state index contributed by atoms with van der Waals surface area (Å²) in [6, 6.07) is 23.9. The van der Waals surface area contributed by atoms with Gasteiger partial charge in [-0.2, -0.15) is 0 Å². The van der Waals surface area contributed by atoms with Crippen molar-refractivity contribution in [1.82, 2.24) is 24.4 Å². The van der Waals surface area contributed by atoms with Gasteiger partial charge in [-0.05, 0) is 43.5 Å². The van der Waals surface area contributed by atoms with E-state index < -0.39 is 0 Å². The van der Waals surface area contributed by atoms with Crippen molar-refractivity contribution in [2.24, 2.45) is 0 Å². The molecule has 2 aromatic heterocycles. The average molecular weight is 507 g/mol. The van der Waals surface area contributed by atoms with Gasteiger partial charge in [0.05, 0.1) is 22.4 Å². The number of nitrogens with zero attached hydrogens (tertiary/aromatic N) is 3. The summed E-state index contributed by atoms with van der Waals surface area (Å²) in [5, 5.41) is 0. The highest BCUT2D eigenvalue weighted by molar-refractivity contribution is 5.79. The maximum atomic E-state index is 12.7. The number of nitrogens with two attached hydrogens (primary N) is 1. The van der Waals surface area contributed by atoms with Crippen LogP contribution in [0.5, 0.6) is 0 Å². The second-order valence-corrected chi connectivity index (χ2v) is 10.0. The molecule has 1 fully saturated rings. The van der Waals surface area contributed by atoms with E-state index in [1.54, 1.807) is 6.92 Å². The Bertz CT molecular complexity index is 1710. The lowest BCUT2D eigenvalue weighted by Crippen LogP contribution is -2.36. The molecular weight excluding hydrogens is 476 g/mol. The molecule has 0 saturated carbocycles. The van der Waals surface area contributed by atoms with Gasteiger partial charge in [0.2, 0.25) is 0 Å². The number of benzene rings is 3. The maximum Gasteiger partial charge on any atom is 0.326 e. The first-order valence-corrected chi connectivity index (χ1v) is 12.9. The number of likely N-dealkylation sites (tertiary alicyclic amines) is 1. The van der Waals surface area contributed by atoms with Crippen molar-refractivity contribution < 1.29 is 0 Å². The third-order valence-corrected chi connectivity index (χ3v) is 7.44. The van der Waals surface area contributed by atoms with E-state index >= 15 is 0 Å². The number of piperidine rings is 1. The number of aromatic nitrogens is 4. The van der Waals surface area contributed by atoms with Gasteiger partial charge in [0.15, 0.2) is 0 Å². The molecule has 0 radical (unpaired) electrons. The van der Waals surface area contributed by atoms with Crippen LogP contribution < -0.4 is 17.0 Å². The van der Waals surface area contributed by atoms with Crippen molar-refractivity contribution in [2.75, 3.05) is 18.8 Å². The molecule has 192 valence electrons. The minimum Gasteiger partial charge on any atom is -0.399 e. The summed E-state index contributed by atoms with van der Waals surface area (Å²) >= 11 is 0. The summed E-state index contributed by atoms with van der Waals surface area (Å²) in [7, 11) is 0. The van der Waals surface area contributed by atoms with Gasteiger partial charge in [-0.3, -0.25) is 14.3 Å². The van der Waals surface area contributed by atoms with Crippen LogP contribution in [0.4, 0.5) is 5.69 Å². The normalized spacial score (nSPS) is 14.8. The number of nitrogens with one attached hydrogen (secondary N) is 2. The van der Waals surface area contributed by atoms with Crippen molar-refractivity contribution in [3.8, 4) is 22.5 Å². The number of fused-ring (bicyclic) bond motifs is 1. The molecule has 4 N–H and O–H groups in total. The Balaban J connectivity index is 1.17. The standard InChI is InChI=1S/C30H30N6O2/c1-19-29(37)34-28(21-5-3-2-4-6-21)27(32-19)22-9-7-20(8-10-22)18-35-15-13-24(14-16-35)36-26-17-23(31)11-12-25(26)33-30(36)38/h2-12,17,24H,13-16,18,31H2,1H3,(H,33,38)(H,34,37). The van der Waals surface area contributed by atoms with Crippen LogP contribution >= 0.6 is 0 Å². The van der Waals surface area contributed by atoms with Gasteiger partial charge < -0.3 is 15.7 Å². The van der Waals surface area contributed by atoms with Gasteiger partial charge in [0.1, 0.15) is 5.69 Å². The molecule has 8 nitrogen and oxygen atoms in total. The van der Waals surface area contributed by atoms with E-state index in [0.717, 1.165) is 66.0 Å². The van der Waals surface area contributed by atoms with E-state index in [1.165, 1.54) is 5.56 Å². The highest BCUT2D eigenvalue weighted by atomic mass is 16.1. The summed E-state index contributed by atoms with van der Waals surface area (Å²) in [6.07, 6.45) is 1.81. The van der Waals surface area contributed by atoms with Gasteiger partial charge in [-0.25, -0.2) is 9.78 Å². The molecule has 0 amide bonds. The Morgan fingerprint density at radius 1 is 0.921 bits per heavy atom. The second-order valence-electron chi connectivity index (χ2n) is 10.0. The van der Waals surface area contributed by atoms with Crippen LogP contribution in [0.1, 0.15) is 30.1 Å². The lowest BCUT2D eigenvalue weighted by molar-refractivity contribution is 0.180. The number of H-pyrrole nitrogens is 2. The molecule has 0 unspecified atom stereocenters. The molecule has 0 atom stereocenters. The first-order valence-electron chi connectivity index (χ1n) is 12.9. The fourth-order valence-electron chi connectivity index (χ4n) is 5.42. The van der Waals surface area contributed by atoms with Crippen molar-refractivity contribution in [3.63, 3.8) is 0 Å². The Morgan fingerprint density at radius 2 is 1.66 bits per heavy atom. The number of rotatable bonds is 5. The molecule has 3 heterocycles. The van der Waals surface area contributed by atoms with Gasteiger partial charge in [0, 0.05) is 42.5 Å². The highest BCUT2D eigenvalue weighted by Gasteiger charge is 2.24. The highest BCUT2D eigenvalue weighted by Crippen LogP contribution is 2.29. The van der Waals surface area contributed by atoms with Crippen LogP contribution in [0, 0.1) is 6.92 Å². The molecule has 8 heteroatoms. The smallest absolute Gasteiger partial charge is 0.326 e. The zero-order valence-electron chi connectivity index (χ0n) is 21.3. The van der Waals surface area contributed by atoms with Crippen LogP contribution in [0.15, 0.2) is 82.4 Å². The SMILES string of the molecule is Cc1nc(-c2ccc(CN3CCC(n4c(=O)[nH]c5ccc(N)cc54)CC3)cc2)c(-c2ccccc2)[nH]c1=O. The van der Waals surface area contributed by atoms with Crippen LogP contribution in [-0.2, 0) is 6.54 Å². The van der Waals surface area contributed by atoms with E-state index in [4.69, 9.17) is 5.73 Å². The van der Waals surface area contributed by atoms with Crippen molar-refractivity contribution in [1.29, 1.82) is 0 Å². The third kappa shape index (κ3) is 4.54. The fraction of sp³-hybridized carbons (Fsp3) is 0.233. The third-order valence-electron chi connectivity index (χ3n) is 7.44. The molecule has 1 aliphatic heterocycles. The van der Waals surface area contributed by atoms with Crippen LogP contribution in [0.3, 0.4) is 0 Å². The number of hydrogen-bond acceptors (Lipinski definition) is 5. The number of aryl methyl sites for hydroxylation is 1. The van der Waals surface area contributed by atoms with Crippen LogP contribution in [0.25, 0.3) is 33.5 Å². The van der Waals surface area contributed by atoms with Gasteiger partial charge in [0.25, 0.3) is 5.56 Å². The topological polar surface area (TPSA) is 113 Å². The molecule has 3 aromatic carbocycles. The zero-order valence-corrected chi connectivity index (χ0v) is 21.3. The van der Waals surface area contributed by atoms with Gasteiger partial charge >= 0.3 is 5.69 Å². The number of nitrogen functional groups attached to an aromatic ring is 1. The zero-order chi connectivity index (χ0) is 26.2. The second kappa shape index (κ2) is 9.79. The lowest BCUT2D eigenvalue weighted by atomic mass is 10.0. The average Bonchev–Trinajstić information content (AvgIpc) is 3.26. The van der Waals surface area contributed by atoms with E-state index in [-0.39, 0.29) is 17.3 Å². The Kier molecular flexibility index (Phi) is 6.17. The van der Waals surface area contributed by atoms with Crippen molar-refractivity contribution in [2.45, 2.75) is 32.4 Å². The summed E-state index contributed by atoms with van der Waals surface area (Å²) in [5.74, 6) is 0. The Hall–Kier alpha value is -4.43. The summed E-state index contributed by atoms with van der Waals surface area (Å²) in [5.41, 5.74) is 13.2. The number of imidazole rings is 1. The van der Waals surface area contributed by atoms with Crippen LogP contribution in [-0.4, -0.2) is 37.5 Å². The summed E-state index contributed by atoms with van der Waals surface area (Å²) in [6.45, 7) is 4.39. The first kappa shape index (κ1) is 23.9. The van der Waals surface area contributed by atoms with Gasteiger partial charge in [-0.15, -0.1) is 0 Å². The molecule has 0 bridgehead atoms. The van der Waals surface area contributed by atoms with E-state index in [1.807, 2.05) is 53.1 Å². The van der Waals surface area contributed by atoms with E-state index in [9.17, 15) is 9.59 Å². The first-order chi connectivity index (χ1) is 18.5. The largest absolute Gasteiger partial charge is 0.399 e. The maximum absolute atomic E-state index is 12.7. The van der Waals surface area contributed by atoms with E-state index in [0.29, 0.717) is 11.4 Å². The molecule has 0 aliphatic carbocycles. The van der Waals surface area contributed by atoms with Crippen molar-refractivity contribution >= 4 is 16.7 Å². The minimum atomic E-state index is -0.175. The molecule has 0 spiro atoms. The van der Waals surface area contributed by atoms with Crippen molar-refractivity contribution in [3.05, 3.63) is 105 Å². The minimum absolute atomic E-state index is 0.0689. The lowest BCUT2D eigenvalue weighted by Gasteiger charge is -2.32. The molecule has 5 aromatic rings. The number of aromatic amines is 2. The molecule has 1 saturated heterocycles. The van der Waals surface area contributed by atoms with Crippen LogP contribution in [0.2, 0.25) is 0 Å².